The van der Waals surface area contributed by atoms with E-state index in [1.807, 2.05) is 0 Å². The van der Waals surface area contributed by atoms with Gasteiger partial charge < -0.3 is 10.6 Å². The second kappa shape index (κ2) is 4.88. The van der Waals surface area contributed by atoms with Gasteiger partial charge in [0.1, 0.15) is 19.2 Å². The lowest BCUT2D eigenvalue weighted by atomic mass is 10.1. The summed E-state index contributed by atoms with van der Waals surface area (Å²) in [6.07, 6.45) is 4.11. The Morgan fingerprint density at radius 1 is 1.67 bits per heavy atom. The monoisotopic (exact) mass is 209 g/mol. The van der Waals surface area contributed by atoms with E-state index in [9.17, 15) is 4.79 Å². The Labute approximate surface area is 88.1 Å². The first-order valence-corrected chi connectivity index (χ1v) is 5.14. The minimum atomic E-state index is -0.00704. The normalized spacial score (nSPS) is 20.4. The lowest BCUT2D eigenvalue weighted by molar-refractivity contribution is -0.122. The van der Waals surface area contributed by atoms with Crippen LogP contribution in [0, 0.1) is 5.92 Å². The highest BCUT2D eigenvalue weighted by Gasteiger charge is 2.15. The zero-order chi connectivity index (χ0) is 10.5. The number of hydrogen-bond donors (Lipinski definition) is 2. The molecule has 1 amide bonds. The topological polar surface area (TPSA) is 71.8 Å². The van der Waals surface area contributed by atoms with E-state index in [4.69, 9.17) is 0 Å². The molecule has 2 heterocycles. The Morgan fingerprint density at radius 3 is 3.27 bits per heavy atom. The van der Waals surface area contributed by atoms with Gasteiger partial charge in [0.25, 0.3) is 0 Å². The molecule has 0 bridgehead atoms. The molecule has 1 saturated heterocycles. The molecule has 1 atom stereocenters. The lowest BCUT2D eigenvalue weighted by Crippen LogP contribution is -2.32. The predicted octanol–water partition coefficient (Wildman–Crippen LogP) is -0.996. The smallest absolute Gasteiger partial charge is 0.241 e. The second-order valence-electron chi connectivity index (χ2n) is 3.76. The number of amides is 1. The molecule has 82 valence electrons. The molecule has 2 rings (SSSR count). The van der Waals surface area contributed by atoms with E-state index in [1.165, 1.54) is 17.3 Å². The van der Waals surface area contributed by atoms with Crippen molar-refractivity contribution >= 4 is 5.91 Å². The number of aromatic nitrogens is 3. The van der Waals surface area contributed by atoms with E-state index < -0.39 is 0 Å². The molecule has 0 aliphatic carbocycles. The number of hydrogen-bond acceptors (Lipinski definition) is 4. The molecule has 15 heavy (non-hydrogen) atoms. The first kappa shape index (κ1) is 10.1. The minimum absolute atomic E-state index is 0.00704. The van der Waals surface area contributed by atoms with Crippen molar-refractivity contribution in [2.75, 3.05) is 19.6 Å². The molecule has 2 N–H and O–H groups in total. The maximum Gasteiger partial charge on any atom is 0.241 e. The molecule has 1 aromatic heterocycles. The van der Waals surface area contributed by atoms with Crippen LogP contribution in [0.3, 0.4) is 0 Å². The number of rotatable bonds is 4. The van der Waals surface area contributed by atoms with Crippen molar-refractivity contribution in [1.29, 1.82) is 0 Å². The Hall–Kier alpha value is -1.43. The van der Waals surface area contributed by atoms with Gasteiger partial charge in [-0.2, -0.15) is 5.10 Å². The summed E-state index contributed by atoms with van der Waals surface area (Å²) >= 11 is 0. The van der Waals surface area contributed by atoms with Crippen LogP contribution in [0.2, 0.25) is 0 Å². The van der Waals surface area contributed by atoms with E-state index in [0.29, 0.717) is 5.92 Å². The van der Waals surface area contributed by atoms with E-state index >= 15 is 0 Å². The van der Waals surface area contributed by atoms with Gasteiger partial charge in [-0.15, -0.1) is 0 Å². The summed E-state index contributed by atoms with van der Waals surface area (Å²) in [5.41, 5.74) is 0. The van der Waals surface area contributed by atoms with Crippen LogP contribution in [-0.4, -0.2) is 40.3 Å². The molecule has 1 aliphatic rings. The standard InChI is InChI=1S/C9H15N5O/c15-9(5-14-7-11-6-13-14)12-4-8-1-2-10-3-8/h6-8,10H,1-5H2,(H,12,15). The van der Waals surface area contributed by atoms with Crippen LogP contribution in [0.4, 0.5) is 0 Å². The maximum absolute atomic E-state index is 11.4. The quantitative estimate of drug-likeness (QED) is 0.667. The van der Waals surface area contributed by atoms with Gasteiger partial charge in [0, 0.05) is 6.54 Å². The molecule has 1 unspecified atom stereocenters. The van der Waals surface area contributed by atoms with Gasteiger partial charge in [0.05, 0.1) is 0 Å². The number of nitrogens with zero attached hydrogens (tertiary/aromatic N) is 3. The van der Waals surface area contributed by atoms with Crippen LogP contribution in [0.5, 0.6) is 0 Å². The van der Waals surface area contributed by atoms with Gasteiger partial charge in [-0.05, 0) is 25.4 Å². The summed E-state index contributed by atoms with van der Waals surface area (Å²) in [4.78, 5) is 15.2. The van der Waals surface area contributed by atoms with Crippen LogP contribution in [-0.2, 0) is 11.3 Å². The molecule has 0 aromatic carbocycles. The average Bonchev–Trinajstić information content (AvgIpc) is 2.86. The van der Waals surface area contributed by atoms with Crippen molar-refractivity contribution in [1.82, 2.24) is 25.4 Å². The third-order valence-corrected chi connectivity index (χ3v) is 2.52. The number of carbonyl (C=O) groups excluding carboxylic acids is 1. The molecule has 1 aromatic rings. The zero-order valence-corrected chi connectivity index (χ0v) is 8.52. The van der Waals surface area contributed by atoms with E-state index in [2.05, 4.69) is 20.7 Å². The molecular weight excluding hydrogens is 194 g/mol. The SMILES string of the molecule is O=C(Cn1cncn1)NCC1CCNC1. The van der Waals surface area contributed by atoms with Crippen LogP contribution < -0.4 is 10.6 Å². The van der Waals surface area contributed by atoms with Gasteiger partial charge in [0.2, 0.25) is 5.91 Å². The Bertz CT molecular complexity index is 304. The summed E-state index contributed by atoms with van der Waals surface area (Å²) in [7, 11) is 0. The highest BCUT2D eigenvalue weighted by Crippen LogP contribution is 2.04. The summed E-state index contributed by atoms with van der Waals surface area (Å²) < 4.78 is 1.52. The van der Waals surface area contributed by atoms with Gasteiger partial charge in [-0.3, -0.25) is 4.79 Å². The summed E-state index contributed by atoms with van der Waals surface area (Å²) in [6, 6.07) is 0. The molecule has 0 radical (unpaired) electrons. The van der Waals surface area contributed by atoms with Crippen molar-refractivity contribution in [3.05, 3.63) is 12.7 Å². The van der Waals surface area contributed by atoms with Gasteiger partial charge in [-0.25, -0.2) is 9.67 Å². The van der Waals surface area contributed by atoms with Gasteiger partial charge in [0.15, 0.2) is 0 Å². The third kappa shape index (κ3) is 3.02. The average molecular weight is 209 g/mol. The maximum atomic E-state index is 11.4. The van der Waals surface area contributed by atoms with Crippen molar-refractivity contribution in [2.45, 2.75) is 13.0 Å². The third-order valence-electron chi connectivity index (χ3n) is 2.52. The van der Waals surface area contributed by atoms with E-state index in [0.717, 1.165) is 26.1 Å². The highest BCUT2D eigenvalue weighted by molar-refractivity contribution is 5.75. The van der Waals surface area contributed by atoms with Crippen molar-refractivity contribution in [2.24, 2.45) is 5.92 Å². The Morgan fingerprint density at radius 2 is 2.60 bits per heavy atom. The van der Waals surface area contributed by atoms with Crippen molar-refractivity contribution in [3.63, 3.8) is 0 Å². The van der Waals surface area contributed by atoms with Crippen LogP contribution >= 0.6 is 0 Å². The van der Waals surface area contributed by atoms with E-state index in [1.54, 1.807) is 0 Å². The molecule has 6 nitrogen and oxygen atoms in total. The molecule has 6 heteroatoms. The Kier molecular flexibility index (Phi) is 3.29. The fraction of sp³-hybridized carbons (Fsp3) is 0.667. The summed E-state index contributed by atoms with van der Waals surface area (Å²) in [5.74, 6) is 0.567. The molecule has 0 saturated carbocycles. The van der Waals surface area contributed by atoms with Crippen molar-refractivity contribution in [3.8, 4) is 0 Å². The zero-order valence-electron chi connectivity index (χ0n) is 8.52. The highest BCUT2D eigenvalue weighted by atomic mass is 16.2. The fourth-order valence-electron chi connectivity index (χ4n) is 1.66. The van der Waals surface area contributed by atoms with Crippen LogP contribution in [0.1, 0.15) is 6.42 Å². The van der Waals surface area contributed by atoms with Gasteiger partial charge >= 0.3 is 0 Å². The fourth-order valence-corrected chi connectivity index (χ4v) is 1.66. The van der Waals surface area contributed by atoms with Crippen LogP contribution in [0.25, 0.3) is 0 Å². The molecule has 1 aliphatic heterocycles. The lowest BCUT2D eigenvalue weighted by Gasteiger charge is -2.09. The van der Waals surface area contributed by atoms with Crippen LogP contribution in [0.15, 0.2) is 12.7 Å². The first-order chi connectivity index (χ1) is 7.34. The summed E-state index contributed by atoms with van der Waals surface area (Å²) in [5, 5.41) is 10.0. The van der Waals surface area contributed by atoms with Gasteiger partial charge in [-0.1, -0.05) is 0 Å². The van der Waals surface area contributed by atoms with Crippen molar-refractivity contribution < 1.29 is 4.79 Å². The number of carbonyl (C=O) groups is 1. The summed E-state index contributed by atoms with van der Waals surface area (Å²) in [6.45, 7) is 3.06. The first-order valence-electron chi connectivity index (χ1n) is 5.14. The number of nitrogens with one attached hydrogen (secondary N) is 2. The van der Waals surface area contributed by atoms with E-state index in [-0.39, 0.29) is 12.5 Å². The molecule has 0 spiro atoms. The minimum Gasteiger partial charge on any atom is -0.354 e. The molecule has 1 fully saturated rings. The Balaban J connectivity index is 1.68. The predicted molar refractivity (Wildman–Crippen MR) is 54.0 cm³/mol. The molecular formula is C9H15N5O. The second-order valence-corrected chi connectivity index (χ2v) is 3.76. The largest absolute Gasteiger partial charge is 0.354 e.